The maximum Gasteiger partial charge on any atom is 0.231 e. The summed E-state index contributed by atoms with van der Waals surface area (Å²) in [5, 5.41) is 5.64. The van der Waals surface area contributed by atoms with Crippen LogP contribution in [-0.4, -0.2) is 26.5 Å². The van der Waals surface area contributed by atoms with Gasteiger partial charge < -0.3 is 19.5 Å². The Labute approximate surface area is 134 Å². The minimum atomic E-state index is 0.297. The van der Waals surface area contributed by atoms with Crippen molar-refractivity contribution in [3.8, 4) is 17.2 Å². The molecule has 4 nitrogen and oxygen atoms in total. The van der Waals surface area contributed by atoms with Gasteiger partial charge in [0.25, 0.3) is 0 Å². The third kappa shape index (κ3) is 2.78. The van der Waals surface area contributed by atoms with Gasteiger partial charge in [-0.05, 0) is 36.5 Å². The molecular weight excluding hydrogens is 298 g/mol. The Bertz CT molecular complexity index is 629. The number of ether oxygens (including phenoxy) is 3. The quantitative estimate of drug-likeness (QED) is 0.939. The van der Waals surface area contributed by atoms with E-state index in [0.29, 0.717) is 18.6 Å². The first-order valence-electron chi connectivity index (χ1n) is 7.67. The van der Waals surface area contributed by atoms with E-state index < -0.39 is 0 Å². The third-order valence-electron chi connectivity index (χ3n) is 4.32. The predicted molar refractivity (Wildman–Crippen MR) is 86.1 cm³/mol. The number of nitrogens with one attached hydrogen (secondary N) is 1. The Morgan fingerprint density at radius 3 is 3.09 bits per heavy atom. The molecule has 1 aromatic heterocycles. The monoisotopic (exact) mass is 317 g/mol. The van der Waals surface area contributed by atoms with Gasteiger partial charge in [0.15, 0.2) is 11.5 Å². The van der Waals surface area contributed by atoms with E-state index in [1.807, 2.05) is 29.5 Å². The van der Waals surface area contributed by atoms with Gasteiger partial charge >= 0.3 is 0 Å². The summed E-state index contributed by atoms with van der Waals surface area (Å²) < 4.78 is 16.8. The summed E-state index contributed by atoms with van der Waals surface area (Å²) in [6.45, 7) is 3.11. The molecule has 0 spiro atoms. The molecule has 1 N–H and O–H groups in total. The molecule has 2 aliphatic rings. The van der Waals surface area contributed by atoms with Crippen LogP contribution in [0.5, 0.6) is 17.2 Å². The lowest BCUT2D eigenvalue weighted by atomic mass is 9.86. The SMILES string of the molecule is c1csc(C2CCNCC2COc2ccc3c(c2)OCO3)c1. The van der Waals surface area contributed by atoms with Gasteiger partial charge in [0.1, 0.15) is 5.75 Å². The van der Waals surface area contributed by atoms with Crippen LogP contribution in [-0.2, 0) is 0 Å². The predicted octanol–water partition coefficient (Wildman–Crippen LogP) is 3.25. The van der Waals surface area contributed by atoms with Crippen LogP contribution in [0.2, 0.25) is 0 Å². The summed E-state index contributed by atoms with van der Waals surface area (Å²) in [5.74, 6) is 3.50. The van der Waals surface area contributed by atoms with Crippen LogP contribution in [0.25, 0.3) is 0 Å². The largest absolute Gasteiger partial charge is 0.493 e. The van der Waals surface area contributed by atoms with Crippen LogP contribution in [0.15, 0.2) is 35.7 Å². The molecule has 0 bridgehead atoms. The average molecular weight is 317 g/mol. The number of rotatable bonds is 4. The molecule has 22 heavy (non-hydrogen) atoms. The van der Waals surface area contributed by atoms with Crippen molar-refractivity contribution in [1.29, 1.82) is 0 Å². The van der Waals surface area contributed by atoms with Crippen molar-refractivity contribution in [2.45, 2.75) is 12.3 Å². The van der Waals surface area contributed by atoms with Crippen LogP contribution in [0, 0.1) is 5.92 Å². The molecule has 0 amide bonds. The summed E-state index contributed by atoms with van der Waals surface area (Å²) in [4.78, 5) is 1.47. The normalized spacial score (nSPS) is 23.5. The Kier molecular flexibility index (Phi) is 3.91. The summed E-state index contributed by atoms with van der Waals surface area (Å²) in [6, 6.07) is 10.2. The summed E-state index contributed by atoms with van der Waals surface area (Å²) in [7, 11) is 0. The zero-order valence-electron chi connectivity index (χ0n) is 12.3. The van der Waals surface area contributed by atoms with Crippen LogP contribution in [0.3, 0.4) is 0 Å². The van der Waals surface area contributed by atoms with Crippen molar-refractivity contribution < 1.29 is 14.2 Å². The molecule has 3 heterocycles. The van der Waals surface area contributed by atoms with Gasteiger partial charge in [-0.25, -0.2) is 0 Å². The van der Waals surface area contributed by atoms with Crippen LogP contribution in [0.4, 0.5) is 0 Å². The molecule has 4 rings (SSSR count). The van der Waals surface area contributed by atoms with E-state index in [1.54, 1.807) is 0 Å². The van der Waals surface area contributed by atoms with Crippen molar-refractivity contribution in [3.63, 3.8) is 0 Å². The molecule has 1 saturated heterocycles. The van der Waals surface area contributed by atoms with E-state index in [2.05, 4.69) is 22.8 Å². The Morgan fingerprint density at radius 2 is 2.18 bits per heavy atom. The second kappa shape index (κ2) is 6.18. The van der Waals surface area contributed by atoms with Gasteiger partial charge in [0.2, 0.25) is 6.79 Å². The first kappa shape index (κ1) is 13.9. The minimum Gasteiger partial charge on any atom is -0.493 e. The first-order valence-corrected chi connectivity index (χ1v) is 8.55. The van der Waals surface area contributed by atoms with Crippen molar-refractivity contribution >= 4 is 11.3 Å². The lowest BCUT2D eigenvalue weighted by Gasteiger charge is -2.31. The molecule has 116 valence electrons. The zero-order valence-corrected chi connectivity index (χ0v) is 13.1. The number of benzene rings is 1. The molecule has 2 unspecified atom stereocenters. The molecule has 2 aromatic rings. The van der Waals surface area contributed by atoms with Gasteiger partial charge in [-0.3, -0.25) is 0 Å². The smallest absolute Gasteiger partial charge is 0.231 e. The maximum absolute atomic E-state index is 6.03. The lowest BCUT2D eigenvalue weighted by Crippen LogP contribution is -2.38. The zero-order chi connectivity index (χ0) is 14.8. The summed E-state index contributed by atoms with van der Waals surface area (Å²) >= 11 is 1.85. The molecule has 1 fully saturated rings. The van der Waals surface area contributed by atoms with E-state index in [-0.39, 0.29) is 0 Å². The van der Waals surface area contributed by atoms with Gasteiger partial charge in [0.05, 0.1) is 6.61 Å². The Morgan fingerprint density at radius 1 is 1.23 bits per heavy atom. The molecule has 2 aliphatic heterocycles. The molecule has 5 heteroatoms. The molecule has 0 radical (unpaired) electrons. The van der Waals surface area contributed by atoms with Crippen LogP contribution in [0.1, 0.15) is 17.2 Å². The summed E-state index contributed by atoms with van der Waals surface area (Å²) in [5.41, 5.74) is 0. The van der Waals surface area contributed by atoms with Gasteiger partial charge in [-0.1, -0.05) is 6.07 Å². The van der Waals surface area contributed by atoms with E-state index in [0.717, 1.165) is 36.9 Å². The second-order valence-corrected chi connectivity index (χ2v) is 6.68. The van der Waals surface area contributed by atoms with Gasteiger partial charge in [-0.15, -0.1) is 11.3 Å². The molecule has 1 aromatic carbocycles. The third-order valence-corrected chi connectivity index (χ3v) is 5.33. The van der Waals surface area contributed by atoms with E-state index in [4.69, 9.17) is 14.2 Å². The molecule has 0 aliphatic carbocycles. The van der Waals surface area contributed by atoms with Gasteiger partial charge in [0, 0.05) is 29.3 Å². The number of fused-ring (bicyclic) bond motifs is 1. The average Bonchev–Trinajstić information content (AvgIpc) is 3.24. The highest BCUT2D eigenvalue weighted by atomic mass is 32.1. The number of hydrogen-bond donors (Lipinski definition) is 1. The topological polar surface area (TPSA) is 39.7 Å². The fourth-order valence-corrected chi connectivity index (χ4v) is 4.10. The van der Waals surface area contributed by atoms with E-state index >= 15 is 0 Å². The van der Waals surface area contributed by atoms with E-state index in [1.165, 1.54) is 11.3 Å². The highest BCUT2D eigenvalue weighted by Gasteiger charge is 2.27. The molecule has 0 saturated carbocycles. The first-order chi connectivity index (χ1) is 10.9. The van der Waals surface area contributed by atoms with Crippen LogP contribution < -0.4 is 19.5 Å². The number of thiophene rings is 1. The van der Waals surface area contributed by atoms with Gasteiger partial charge in [-0.2, -0.15) is 0 Å². The second-order valence-electron chi connectivity index (χ2n) is 5.70. The Hall–Kier alpha value is -1.72. The fraction of sp³-hybridized carbons (Fsp3) is 0.412. The lowest BCUT2D eigenvalue weighted by molar-refractivity contribution is 0.173. The van der Waals surface area contributed by atoms with Crippen molar-refractivity contribution in [2.75, 3.05) is 26.5 Å². The standard InChI is InChI=1S/C17H19NO3S/c1-2-17(22-7-1)14-5-6-18-9-12(14)10-19-13-3-4-15-16(8-13)21-11-20-15/h1-4,7-8,12,14,18H,5-6,9-11H2. The van der Waals surface area contributed by atoms with Crippen molar-refractivity contribution in [1.82, 2.24) is 5.32 Å². The van der Waals surface area contributed by atoms with Crippen molar-refractivity contribution in [2.24, 2.45) is 5.92 Å². The highest BCUT2D eigenvalue weighted by molar-refractivity contribution is 7.10. The molecule has 2 atom stereocenters. The molecular formula is C17H19NO3S. The van der Waals surface area contributed by atoms with E-state index in [9.17, 15) is 0 Å². The van der Waals surface area contributed by atoms with Crippen molar-refractivity contribution in [3.05, 3.63) is 40.6 Å². The number of hydrogen-bond acceptors (Lipinski definition) is 5. The maximum atomic E-state index is 6.03. The van der Waals surface area contributed by atoms with Crippen LogP contribution >= 0.6 is 11.3 Å². The fourth-order valence-electron chi connectivity index (χ4n) is 3.14. The summed E-state index contributed by atoms with van der Waals surface area (Å²) in [6.07, 6.45) is 1.18. The number of piperidine rings is 1. The Balaban J connectivity index is 1.43. The highest BCUT2D eigenvalue weighted by Crippen LogP contribution is 2.37. The minimum absolute atomic E-state index is 0.297.